The van der Waals surface area contributed by atoms with Gasteiger partial charge in [0, 0.05) is 19.3 Å². The third-order valence-corrected chi connectivity index (χ3v) is 1.25. The van der Waals surface area contributed by atoms with Gasteiger partial charge in [0.25, 0.3) is 0 Å². The van der Waals surface area contributed by atoms with Crippen LogP contribution in [0, 0.1) is 0 Å². The molecule has 1 N–H and O–H groups in total. The first kappa shape index (κ1) is 17.7. The van der Waals surface area contributed by atoms with Gasteiger partial charge >= 0.3 is 11.9 Å². The van der Waals surface area contributed by atoms with Crippen molar-refractivity contribution in [3.8, 4) is 0 Å². The lowest BCUT2D eigenvalue weighted by Crippen LogP contribution is -2.10. The highest BCUT2D eigenvalue weighted by Crippen LogP contribution is 1.81. The first-order valence-electron chi connectivity index (χ1n) is 4.79. The molecule has 0 unspecified atom stereocenters. The number of aliphatic carboxylic acids is 1. The molecule has 0 saturated heterocycles. The van der Waals surface area contributed by atoms with Crippen molar-refractivity contribution in [2.45, 2.75) is 0 Å². The van der Waals surface area contributed by atoms with Gasteiger partial charge in [-0.1, -0.05) is 13.2 Å². The topological polar surface area (TPSA) is 82.1 Å². The molecule has 0 spiro atoms. The minimum Gasteiger partial charge on any atom is -0.478 e. The molecule has 0 aromatic rings. The molecule has 6 heteroatoms. The molecule has 0 radical (unpaired) electrons. The smallest absolute Gasteiger partial charge is 0.330 e. The first-order valence-corrected chi connectivity index (χ1v) is 4.79. The van der Waals surface area contributed by atoms with Gasteiger partial charge < -0.3 is 19.3 Å². The van der Waals surface area contributed by atoms with Gasteiger partial charge in [-0.15, -0.1) is 0 Å². The highest BCUT2D eigenvalue weighted by molar-refractivity contribution is 5.81. The minimum absolute atomic E-state index is 0.258. The maximum Gasteiger partial charge on any atom is 0.330 e. The van der Waals surface area contributed by atoms with Crippen LogP contribution in [0.1, 0.15) is 0 Å². The van der Waals surface area contributed by atoms with Crippen LogP contribution in [0.3, 0.4) is 0 Å². The number of rotatable bonds is 8. The Kier molecular flexibility index (Phi) is 15.0. The summed E-state index contributed by atoms with van der Waals surface area (Å²) in [6.07, 6.45) is 1.95. The number of methoxy groups -OCH3 is 1. The maximum atomic E-state index is 10.5. The molecule has 6 nitrogen and oxygen atoms in total. The number of carboxylic acid groups (broad SMARTS) is 1. The molecule has 0 rings (SSSR count). The molecule has 0 fully saturated rings. The summed E-state index contributed by atoms with van der Waals surface area (Å²) in [5, 5.41) is 7.60. The van der Waals surface area contributed by atoms with E-state index in [1.165, 1.54) is 0 Å². The zero-order chi connectivity index (χ0) is 13.5. The van der Waals surface area contributed by atoms with E-state index in [1.807, 2.05) is 0 Å². The summed E-state index contributed by atoms with van der Waals surface area (Å²) in [5.41, 5.74) is 0. The SMILES string of the molecule is C=CC(=O)O.C=CC(=O)OCCOCCOC. The third-order valence-electron chi connectivity index (χ3n) is 1.25. The fourth-order valence-electron chi connectivity index (χ4n) is 0.504. The highest BCUT2D eigenvalue weighted by Gasteiger charge is 1.93. The maximum absolute atomic E-state index is 10.5. The molecule has 98 valence electrons. The quantitative estimate of drug-likeness (QED) is 0.384. The van der Waals surface area contributed by atoms with Crippen LogP contribution in [0.5, 0.6) is 0 Å². The van der Waals surface area contributed by atoms with Crippen LogP contribution in [0.25, 0.3) is 0 Å². The molecule has 0 bridgehead atoms. The van der Waals surface area contributed by atoms with Gasteiger partial charge in [0.05, 0.1) is 19.8 Å². The van der Waals surface area contributed by atoms with E-state index in [-0.39, 0.29) is 6.61 Å². The lowest BCUT2D eigenvalue weighted by atomic mass is 10.6. The Morgan fingerprint density at radius 3 is 2.06 bits per heavy atom. The number of hydrogen-bond acceptors (Lipinski definition) is 5. The van der Waals surface area contributed by atoms with Crippen molar-refractivity contribution < 1.29 is 28.9 Å². The van der Waals surface area contributed by atoms with Crippen LogP contribution in [-0.4, -0.2) is 50.6 Å². The Morgan fingerprint density at radius 2 is 1.65 bits per heavy atom. The number of hydrogen-bond donors (Lipinski definition) is 1. The van der Waals surface area contributed by atoms with Gasteiger partial charge in [-0.2, -0.15) is 0 Å². The van der Waals surface area contributed by atoms with Gasteiger partial charge in [0.2, 0.25) is 0 Å². The van der Waals surface area contributed by atoms with E-state index in [9.17, 15) is 9.59 Å². The summed E-state index contributed by atoms with van der Waals surface area (Å²) in [7, 11) is 1.60. The Balaban J connectivity index is 0. The van der Waals surface area contributed by atoms with Gasteiger partial charge in [0.15, 0.2) is 0 Å². The van der Waals surface area contributed by atoms with Crippen LogP contribution < -0.4 is 0 Å². The van der Waals surface area contributed by atoms with Gasteiger partial charge in [-0.25, -0.2) is 9.59 Å². The normalized spacial score (nSPS) is 8.53. The molecule has 0 aliphatic rings. The third kappa shape index (κ3) is 20.4. The van der Waals surface area contributed by atoms with Gasteiger partial charge in [-0.3, -0.25) is 0 Å². The van der Waals surface area contributed by atoms with Crippen LogP contribution in [-0.2, 0) is 23.8 Å². The van der Waals surface area contributed by atoms with E-state index < -0.39 is 11.9 Å². The van der Waals surface area contributed by atoms with E-state index in [0.29, 0.717) is 19.8 Å². The molecule has 0 aromatic carbocycles. The molecule has 0 saturated carbocycles. The van der Waals surface area contributed by atoms with E-state index in [4.69, 9.17) is 14.6 Å². The Morgan fingerprint density at radius 1 is 1.12 bits per heavy atom. The summed E-state index contributed by atoms with van der Waals surface area (Å²) >= 11 is 0. The monoisotopic (exact) mass is 246 g/mol. The summed E-state index contributed by atoms with van der Waals surface area (Å²) in [5.74, 6) is -1.41. The Hall–Kier alpha value is -1.66. The van der Waals surface area contributed by atoms with Crippen molar-refractivity contribution >= 4 is 11.9 Å². The van der Waals surface area contributed by atoms with E-state index in [1.54, 1.807) is 7.11 Å². The summed E-state index contributed by atoms with van der Waals surface area (Å²) in [4.78, 5) is 19.7. The van der Waals surface area contributed by atoms with Gasteiger partial charge in [0.1, 0.15) is 6.61 Å². The number of carboxylic acids is 1. The van der Waals surface area contributed by atoms with E-state index >= 15 is 0 Å². The Bertz CT molecular complexity index is 236. The second-order valence-corrected chi connectivity index (χ2v) is 2.52. The average molecular weight is 246 g/mol. The minimum atomic E-state index is -0.981. The van der Waals surface area contributed by atoms with Crippen LogP contribution in [0.2, 0.25) is 0 Å². The molecule has 0 amide bonds. The molecular formula is C11H18O6. The zero-order valence-corrected chi connectivity index (χ0v) is 9.89. The predicted octanol–water partition coefficient (Wildman–Crippen LogP) is 0.636. The molecular weight excluding hydrogens is 228 g/mol. The predicted molar refractivity (Wildman–Crippen MR) is 61.7 cm³/mol. The van der Waals surface area contributed by atoms with Crippen molar-refractivity contribution in [2.24, 2.45) is 0 Å². The first-order chi connectivity index (χ1) is 8.08. The van der Waals surface area contributed by atoms with Crippen molar-refractivity contribution in [1.29, 1.82) is 0 Å². The molecule has 17 heavy (non-hydrogen) atoms. The molecule has 0 heterocycles. The molecule has 0 aliphatic heterocycles. The van der Waals surface area contributed by atoms with Crippen molar-refractivity contribution in [3.05, 3.63) is 25.3 Å². The highest BCUT2D eigenvalue weighted by atomic mass is 16.6. The van der Waals surface area contributed by atoms with E-state index in [0.717, 1.165) is 12.2 Å². The summed E-state index contributed by atoms with van der Waals surface area (Å²) in [6, 6.07) is 0. The summed E-state index contributed by atoms with van der Waals surface area (Å²) < 4.78 is 14.4. The van der Waals surface area contributed by atoms with Crippen molar-refractivity contribution in [1.82, 2.24) is 0 Å². The Labute approximate surface area is 100 Å². The molecule has 0 aromatic heterocycles. The second-order valence-electron chi connectivity index (χ2n) is 2.52. The van der Waals surface area contributed by atoms with Crippen LogP contribution in [0.4, 0.5) is 0 Å². The average Bonchev–Trinajstić information content (AvgIpc) is 2.33. The van der Waals surface area contributed by atoms with Crippen LogP contribution in [0.15, 0.2) is 25.3 Å². The number of carbonyl (C=O) groups is 2. The second kappa shape index (κ2) is 14.3. The lowest BCUT2D eigenvalue weighted by Gasteiger charge is -2.03. The number of carbonyl (C=O) groups excluding carboxylic acids is 1. The number of esters is 1. The van der Waals surface area contributed by atoms with Gasteiger partial charge in [-0.05, 0) is 0 Å². The largest absolute Gasteiger partial charge is 0.478 e. The fraction of sp³-hybridized carbons (Fsp3) is 0.455. The molecule has 0 aliphatic carbocycles. The summed E-state index contributed by atoms with van der Waals surface area (Å²) in [6.45, 7) is 7.93. The van der Waals surface area contributed by atoms with Crippen molar-refractivity contribution in [2.75, 3.05) is 33.5 Å². The fourth-order valence-corrected chi connectivity index (χ4v) is 0.504. The zero-order valence-electron chi connectivity index (χ0n) is 9.89. The van der Waals surface area contributed by atoms with Crippen LogP contribution >= 0.6 is 0 Å². The standard InChI is InChI=1S/C8H14O4.C3H4O2/c1-3-8(9)12-7-6-11-5-4-10-2;1-2-3(4)5/h3H,1,4-7H2,2H3;2H,1H2,(H,4,5). The van der Waals surface area contributed by atoms with Crippen molar-refractivity contribution in [3.63, 3.8) is 0 Å². The van der Waals surface area contributed by atoms with E-state index in [2.05, 4.69) is 17.9 Å². The number of ether oxygens (including phenoxy) is 3. The molecule has 0 atom stereocenters. The lowest BCUT2D eigenvalue weighted by molar-refractivity contribution is -0.139.